The number of hydrogen-bond donors (Lipinski definition) is 1. The molecule has 1 heterocycles. The molecule has 1 aromatic rings. The van der Waals surface area contributed by atoms with E-state index in [2.05, 4.69) is 21.4 Å². The van der Waals surface area contributed by atoms with Gasteiger partial charge < -0.3 is 14.6 Å². The van der Waals surface area contributed by atoms with Crippen molar-refractivity contribution in [3.05, 3.63) is 25.0 Å². The Bertz CT molecular complexity index is 342. The fourth-order valence-corrected chi connectivity index (χ4v) is 2.19. The van der Waals surface area contributed by atoms with Gasteiger partial charge in [0.05, 0.1) is 12.7 Å². The number of nitrogens with one attached hydrogen (secondary N) is 1. The van der Waals surface area contributed by atoms with Crippen molar-refractivity contribution in [2.24, 2.45) is 0 Å². The molecule has 1 aliphatic carbocycles. The maximum absolute atomic E-state index is 5.84. The van der Waals surface area contributed by atoms with Gasteiger partial charge in [0.15, 0.2) is 0 Å². The maximum Gasteiger partial charge on any atom is 0.203 e. The number of aromatic nitrogens is 2. The van der Waals surface area contributed by atoms with Crippen molar-refractivity contribution in [3.63, 3.8) is 0 Å². The molecule has 0 spiro atoms. The van der Waals surface area contributed by atoms with Crippen LogP contribution >= 0.6 is 0 Å². The summed E-state index contributed by atoms with van der Waals surface area (Å²) in [6.45, 7) is 6.04. The van der Waals surface area contributed by atoms with Crippen LogP contribution in [0.5, 0.6) is 0 Å². The smallest absolute Gasteiger partial charge is 0.203 e. The first-order valence-corrected chi connectivity index (χ1v) is 6.37. The highest BCUT2D eigenvalue weighted by molar-refractivity contribution is 5.26. The molecule has 1 N–H and O–H groups in total. The number of hydrogen-bond acceptors (Lipinski definition) is 3. The van der Waals surface area contributed by atoms with Crippen molar-refractivity contribution in [1.82, 2.24) is 9.55 Å². The lowest BCUT2D eigenvalue weighted by molar-refractivity contribution is 0.0532. The molecule has 0 bridgehead atoms. The summed E-state index contributed by atoms with van der Waals surface area (Å²) in [4.78, 5) is 4.25. The minimum Gasteiger partial charge on any atom is -0.376 e. The Morgan fingerprint density at radius 3 is 3.12 bits per heavy atom. The molecule has 0 radical (unpaired) electrons. The van der Waals surface area contributed by atoms with Crippen LogP contribution in [0.15, 0.2) is 25.0 Å². The molecule has 4 nitrogen and oxygen atoms in total. The molecule has 0 atom stereocenters. The largest absolute Gasteiger partial charge is 0.376 e. The van der Waals surface area contributed by atoms with Gasteiger partial charge in [0.1, 0.15) is 0 Å². The molecule has 0 unspecified atom stereocenters. The fraction of sp³-hybridized carbons (Fsp3) is 0.615. The third-order valence-corrected chi connectivity index (χ3v) is 3.11. The Morgan fingerprint density at radius 2 is 2.35 bits per heavy atom. The first-order valence-electron chi connectivity index (χ1n) is 6.37. The molecular weight excluding hydrogens is 214 g/mol. The Morgan fingerprint density at radius 1 is 1.53 bits per heavy atom. The van der Waals surface area contributed by atoms with Crippen molar-refractivity contribution in [3.8, 4) is 0 Å². The number of ether oxygens (including phenoxy) is 1. The predicted molar refractivity (Wildman–Crippen MR) is 69.1 cm³/mol. The second-order valence-corrected chi connectivity index (χ2v) is 4.39. The fourth-order valence-electron chi connectivity index (χ4n) is 2.19. The standard InChI is InChI=1S/C13H21N3O/c1-2-7-14-13-15-8-9-16(13)10-11-17-12-5-3-4-6-12/h2,8-9,12H,1,3-7,10-11H2,(H,14,15). The van der Waals surface area contributed by atoms with E-state index in [9.17, 15) is 0 Å². The summed E-state index contributed by atoms with van der Waals surface area (Å²) in [5, 5.41) is 3.20. The lowest BCUT2D eigenvalue weighted by Crippen LogP contribution is -2.14. The summed E-state index contributed by atoms with van der Waals surface area (Å²) in [7, 11) is 0. The zero-order valence-corrected chi connectivity index (χ0v) is 10.3. The molecule has 1 aromatic heterocycles. The summed E-state index contributed by atoms with van der Waals surface area (Å²) in [6, 6.07) is 0. The van der Waals surface area contributed by atoms with Crippen LogP contribution in [0.4, 0.5) is 5.95 Å². The van der Waals surface area contributed by atoms with Crippen molar-refractivity contribution in [2.75, 3.05) is 18.5 Å². The van der Waals surface area contributed by atoms with Crippen molar-refractivity contribution in [2.45, 2.75) is 38.3 Å². The predicted octanol–water partition coefficient (Wildman–Crippen LogP) is 2.44. The van der Waals surface area contributed by atoms with Crippen LogP contribution in [0.1, 0.15) is 25.7 Å². The summed E-state index contributed by atoms with van der Waals surface area (Å²) in [5.41, 5.74) is 0. The zero-order valence-electron chi connectivity index (χ0n) is 10.3. The highest BCUT2D eigenvalue weighted by atomic mass is 16.5. The summed E-state index contributed by atoms with van der Waals surface area (Å²) in [6.07, 6.45) is 11.2. The average molecular weight is 235 g/mol. The number of anilines is 1. The van der Waals surface area contributed by atoms with Gasteiger partial charge in [-0.25, -0.2) is 4.98 Å². The van der Waals surface area contributed by atoms with Gasteiger partial charge >= 0.3 is 0 Å². The van der Waals surface area contributed by atoms with Crippen LogP contribution in [0.2, 0.25) is 0 Å². The van der Waals surface area contributed by atoms with Gasteiger partial charge in [-0.15, -0.1) is 6.58 Å². The van der Waals surface area contributed by atoms with Gasteiger partial charge in [-0.3, -0.25) is 0 Å². The number of rotatable bonds is 7. The molecule has 1 aliphatic rings. The van der Waals surface area contributed by atoms with E-state index in [0.717, 1.165) is 25.6 Å². The quantitative estimate of drug-likeness (QED) is 0.738. The first-order chi connectivity index (χ1) is 8.40. The second kappa shape index (κ2) is 6.45. The molecule has 1 fully saturated rings. The van der Waals surface area contributed by atoms with Crippen LogP contribution in [-0.2, 0) is 11.3 Å². The van der Waals surface area contributed by atoms with Gasteiger partial charge in [-0.1, -0.05) is 18.9 Å². The Hall–Kier alpha value is -1.29. The van der Waals surface area contributed by atoms with Crippen LogP contribution in [0.25, 0.3) is 0 Å². The highest BCUT2D eigenvalue weighted by Gasteiger charge is 2.14. The van der Waals surface area contributed by atoms with E-state index in [0.29, 0.717) is 6.10 Å². The van der Waals surface area contributed by atoms with Gasteiger partial charge in [-0.05, 0) is 12.8 Å². The zero-order chi connectivity index (χ0) is 11.9. The molecule has 17 heavy (non-hydrogen) atoms. The van der Waals surface area contributed by atoms with Gasteiger partial charge in [0.2, 0.25) is 5.95 Å². The lowest BCUT2D eigenvalue weighted by atomic mass is 10.3. The van der Waals surface area contributed by atoms with Gasteiger partial charge in [-0.2, -0.15) is 0 Å². The van der Waals surface area contributed by atoms with Crippen molar-refractivity contribution < 1.29 is 4.74 Å². The molecule has 1 saturated carbocycles. The lowest BCUT2D eigenvalue weighted by Gasteiger charge is -2.12. The molecule has 0 aliphatic heterocycles. The van der Waals surface area contributed by atoms with Crippen molar-refractivity contribution in [1.29, 1.82) is 0 Å². The Kier molecular flexibility index (Phi) is 4.62. The molecule has 2 rings (SSSR count). The summed E-state index contributed by atoms with van der Waals surface area (Å²) >= 11 is 0. The van der Waals surface area contributed by atoms with E-state index in [1.807, 2.05) is 12.3 Å². The second-order valence-electron chi connectivity index (χ2n) is 4.39. The molecule has 0 amide bonds. The van der Waals surface area contributed by atoms with E-state index in [1.165, 1.54) is 25.7 Å². The Balaban J connectivity index is 1.73. The van der Waals surface area contributed by atoms with E-state index in [4.69, 9.17) is 4.74 Å². The third-order valence-electron chi connectivity index (χ3n) is 3.11. The van der Waals surface area contributed by atoms with E-state index < -0.39 is 0 Å². The SMILES string of the molecule is C=CCNc1nccn1CCOC1CCCC1. The maximum atomic E-state index is 5.84. The van der Waals surface area contributed by atoms with Crippen LogP contribution in [-0.4, -0.2) is 28.8 Å². The van der Waals surface area contributed by atoms with Crippen LogP contribution < -0.4 is 5.32 Å². The molecule has 0 saturated heterocycles. The topological polar surface area (TPSA) is 39.1 Å². The minimum absolute atomic E-state index is 0.489. The van der Waals surface area contributed by atoms with Crippen molar-refractivity contribution >= 4 is 5.95 Å². The van der Waals surface area contributed by atoms with Crippen LogP contribution in [0.3, 0.4) is 0 Å². The highest BCUT2D eigenvalue weighted by Crippen LogP contribution is 2.20. The van der Waals surface area contributed by atoms with E-state index >= 15 is 0 Å². The monoisotopic (exact) mass is 235 g/mol. The molecule has 0 aromatic carbocycles. The summed E-state index contributed by atoms with van der Waals surface area (Å²) in [5.74, 6) is 0.889. The normalized spacial score (nSPS) is 16.2. The van der Waals surface area contributed by atoms with Gasteiger partial charge in [0, 0.05) is 25.5 Å². The van der Waals surface area contributed by atoms with Crippen LogP contribution in [0, 0.1) is 0 Å². The average Bonchev–Trinajstić information content (AvgIpc) is 2.98. The van der Waals surface area contributed by atoms with Gasteiger partial charge in [0.25, 0.3) is 0 Å². The minimum atomic E-state index is 0.489. The number of nitrogens with zero attached hydrogens (tertiary/aromatic N) is 2. The first kappa shape index (κ1) is 12.2. The third kappa shape index (κ3) is 3.60. The number of imidazole rings is 1. The molecular formula is C13H21N3O. The molecule has 94 valence electrons. The van der Waals surface area contributed by atoms with E-state index in [-0.39, 0.29) is 0 Å². The van der Waals surface area contributed by atoms with E-state index in [1.54, 1.807) is 6.20 Å². The molecule has 4 heteroatoms. The Labute approximate surface area is 103 Å². The summed E-state index contributed by atoms with van der Waals surface area (Å²) < 4.78 is 7.92.